The smallest absolute Gasteiger partial charge is 0.374 e. The zero-order valence-electron chi connectivity index (χ0n) is 18.5. The van der Waals surface area contributed by atoms with Crippen LogP contribution in [-0.4, -0.2) is 39.4 Å². The SMILES string of the molecule is CC1C=C(C(O)NCC2(c3nccn3C)NC(=O)NC2=O)C(c2ccc(C(F)(F)F)cc2)=CC1. The van der Waals surface area contributed by atoms with Gasteiger partial charge >= 0.3 is 12.2 Å². The number of aliphatic hydroxyl groups excluding tert-OH is 1. The molecule has 1 fully saturated rings. The van der Waals surface area contributed by atoms with E-state index in [1.54, 1.807) is 17.8 Å². The number of imide groups is 1. The summed E-state index contributed by atoms with van der Waals surface area (Å²) in [6.45, 7) is 1.77. The normalized spacial score (nSPS) is 23.8. The highest BCUT2D eigenvalue weighted by Crippen LogP contribution is 2.35. The molecule has 4 N–H and O–H groups in total. The van der Waals surface area contributed by atoms with Crippen molar-refractivity contribution in [2.24, 2.45) is 13.0 Å². The summed E-state index contributed by atoms with van der Waals surface area (Å²) in [5.41, 5.74) is -0.714. The fourth-order valence-electron chi connectivity index (χ4n) is 4.24. The second-order valence-corrected chi connectivity index (χ2v) is 8.49. The molecular weight excluding hydrogens is 451 g/mol. The van der Waals surface area contributed by atoms with Gasteiger partial charge in [0.25, 0.3) is 5.91 Å². The first-order chi connectivity index (χ1) is 16.0. The first-order valence-corrected chi connectivity index (χ1v) is 10.6. The molecule has 2 aromatic rings. The summed E-state index contributed by atoms with van der Waals surface area (Å²) in [5.74, 6) is -0.251. The number of imidazole rings is 1. The fourth-order valence-corrected chi connectivity index (χ4v) is 4.24. The molecule has 8 nitrogen and oxygen atoms in total. The van der Waals surface area contributed by atoms with Gasteiger partial charge < -0.3 is 15.0 Å². The van der Waals surface area contributed by atoms with E-state index in [0.717, 1.165) is 12.1 Å². The van der Waals surface area contributed by atoms with Gasteiger partial charge in [0.05, 0.1) is 5.56 Å². The van der Waals surface area contributed by atoms with E-state index in [2.05, 4.69) is 20.9 Å². The van der Waals surface area contributed by atoms with Crippen LogP contribution in [0.4, 0.5) is 18.0 Å². The van der Waals surface area contributed by atoms with Crippen molar-refractivity contribution in [1.82, 2.24) is 25.5 Å². The number of carbonyl (C=O) groups excluding carboxylic acids is 2. The largest absolute Gasteiger partial charge is 0.416 e. The molecule has 0 saturated carbocycles. The zero-order chi connectivity index (χ0) is 24.7. The number of urea groups is 1. The molecule has 3 atom stereocenters. The second-order valence-electron chi connectivity index (χ2n) is 8.49. The number of nitrogens with zero attached hydrogens (tertiary/aromatic N) is 2. The number of hydrogen-bond acceptors (Lipinski definition) is 5. The van der Waals surface area contributed by atoms with Gasteiger partial charge in [0.15, 0.2) is 5.54 Å². The number of aryl methyl sites for hydroxylation is 1. The monoisotopic (exact) mass is 475 g/mol. The summed E-state index contributed by atoms with van der Waals surface area (Å²) in [6, 6.07) is 4.05. The Balaban J connectivity index is 1.59. The van der Waals surface area contributed by atoms with Crippen molar-refractivity contribution >= 4 is 17.5 Å². The number of carbonyl (C=O) groups is 2. The Morgan fingerprint density at radius 1 is 1.29 bits per heavy atom. The van der Waals surface area contributed by atoms with Gasteiger partial charge in [-0.25, -0.2) is 9.78 Å². The highest BCUT2D eigenvalue weighted by molar-refractivity contribution is 6.07. The fraction of sp³-hybridized carbons (Fsp3) is 0.348. The lowest BCUT2D eigenvalue weighted by molar-refractivity contribution is -0.137. The third kappa shape index (κ3) is 4.36. The van der Waals surface area contributed by atoms with Crippen LogP contribution in [0.15, 0.2) is 54.4 Å². The molecule has 1 aliphatic carbocycles. The second kappa shape index (κ2) is 8.73. The maximum atomic E-state index is 13.0. The molecule has 3 unspecified atom stereocenters. The third-order valence-electron chi connectivity index (χ3n) is 5.99. The van der Waals surface area contributed by atoms with Crippen molar-refractivity contribution < 1.29 is 27.9 Å². The molecule has 1 aliphatic heterocycles. The van der Waals surface area contributed by atoms with E-state index in [-0.39, 0.29) is 18.3 Å². The Morgan fingerprint density at radius 3 is 2.56 bits per heavy atom. The van der Waals surface area contributed by atoms with Gasteiger partial charge in [-0.1, -0.05) is 31.2 Å². The number of aliphatic hydroxyl groups is 1. The Hall–Kier alpha value is -3.44. The van der Waals surface area contributed by atoms with E-state index in [4.69, 9.17) is 0 Å². The summed E-state index contributed by atoms with van der Waals surface area (Å²) in [7, 11) is 1.68. The van der Waals surface area contributed by atoms with Gasteiger partial charge in [-0.2, -0.15) is 13.2 Å². The molecule has 0 radical (unpaired) electrons. The Labute approximate surface area is 193 Å². The number of nitrogens with one attached hydrogen (secondary N) is 3. The van der Waals surface area contributed by atoms with Crippen LogP contribution in [0.3, 0.4) is 0 Å². The summed E-state index contributed by atoms with van der Waals surface area (Å²) < 4.78 is 40.5. The maximum absolute atomic E-state index is 13.0. The number of benzene rings is 1. The number of rotatable bonds is 6. The lowest BCUT2D eigenvalue weighted by Crippen LogP contribution is -2.55. The molecular formula is C23H24F3N5O3. The van der Waals surface area contributed by atoms with E-state index in [1.807, 2.05) is 19.1 Å². The van der Waals surface area contributed by atoms with Crippen molar-refractivity contribution in [3.05, 3.63) is 71.3 Å². The minimum Gasteiger partial charge on any atom is -0.374 e. The quantitative estimate of drug-likeness (QED) is 0.379. The number of allylic oxidation sites excluding steroid dienone is 2. The Morgan fingerprint density at radius 2 is 2.00 bits per heavy atom. The van der Waals surface area contributed by atoms with E-state index in [9.17, 15) is 27.9 Å². The number of hydrogen-bond donors (Lipinski definition) is 4. The van der Waals surface area contributed by atoms with Gasteiger partial charge in [0.2, 0.25) is 0 Å². The van der Waals surface area contributed by atoms with Crippen molar-refractivity contribution in [2.75, 3.05) is 6.54 Å². The maximum Gasteiger partial charge on any atom is 0.416 e. The van der Waals surface area contributed by atoms with Gasteiger partial charge in [0.1, 0.15) is 12.1 Å². The standard InChI is InChI=1S/C23H24F3N5O3/c1-13-3-8-16(14-4-6-15(7-5-14)23(24,25)26)17(11-13)18(32)28-12-22(19-27-9-10-31(19)2)20(33)29-21(34)30-22/h4-11,13,18,28,32H,3,12H2,1-2H3,(H2,29,30,33,34). The van der Waals surface area contributed by atoms with Gasteiger partial charge in [-0.15, -0.1) is 0 Å². The van der Waals surface area contributed by atoms with Gasteiger partial charge in [0, 0.05) is 26.0 Å². The molecule has 2 aliphatic rings. The molecule has 1 saturated heterocycles. The van der Waals surface area contributed by atoms with Crippen LogP contribution >= 0.6 is 0 Å². The zero-order valence-corrected chi connectivity index (χ0v) is 18.5. The molecule has 2 heterocycles. The molecule has 0 spiro atoms. The molecule has 4 rings (SSSR count). The van der Waals surface area contributed by atoms with Crippen LogP contribution in [0.2, 0.25) is 0 Å². The summed E-state index contributed by atoms with van der Waals surface area (Å²) >= 11 is 0. The molecule has 1 aromatic carbocycles. The van der Waals surface area contributed by atoms with E-state index in [1.165, 1.54) is 18.3 Å². The average molecular weight is 475 g/mol. The van der Waals surface area contributed by atoms with E-state index in [0.29, 0.717) is 23.1 Å². The van der Waals surface area contributed by atoms with Gasteiger partial charge in [-0.05, 0) is 41.2 Å². The average Bonchev–Trinajstić information content (AvgIpc) is 3.34. The molecule has 11 heteroatoms. The number of aromatic nitrogens is 2. The predicted molar refractivity (Wildman–Crippen MR) is 117 cm³/mol. The van der Waals surface area contributed by atoms with Crippen LogP contribution in [0.5, 0.6) is 0 Å². The van der Waals surface area contributed by atoms with Gasteiger partial charge in [-0.3, -0.25) is 15.4 Å². The Bertz CT molecular complexity index is 1170. The summed E-state index contributed by atoms with van der Waals surface area (Å²) in [5, 5.41) is 18.7. The van der Waals surface area contributed by atoms with Crippen molar-refractivity contribution in [3.8, 4) is 0 Å². The summed E-state index contributed by atoms with van der Waals surface area (Å²) in [4.78, 5) is 28.8. The van der Waals surface area contributed by atoms with E-state index >= 15 is 0 Å². The predicted octanol–water partition coefficient (Wildman–Crippen LogP) is 2.43. The van der Waals surface area contributed by atoms with Crippen LogP contribution in [0, 0.1) is 5.92 Å². The number of halogens is 3. The molecule has 34 heavy (non-hydrogen) atoms. The highest BCUT2D eigenvalue weighted by atomic mass is 19.4. The van der Waals surface area contributed by atoms with Crippen LogP contribution in [0.25, 0.3) is 5.57 Å². The number of alkyl halides is 3. The summed E-state index contributed by atoms with van der Waals surface area (Å²) in [6.07, 6.45) is 1.77. The third-order valence-corrected chi connectivity index (χ3v) is 5.99. The molecule has 0 bridgehead atoms. The minimum absolute atomic E-state index is 0.0858. The molecule has 3 amide bonds. The highest BCUT2D eigenvalue weighted by Gasteiger charge is 2.50. The van der Waals surface area contributed by atoms with E-state index < -0.39 is 35.4 Å². The van der Waals surface area contributed by atoms with Crippen LogP contribution < -0.4 is 16.0 Å². The van der Waals surface area contributed by atoms with Crippen LogP contribution in [0.1, 0.15) is 30.3 Å². The van der Waals surface area contributed by atoms with Crippen molar-refractivity contribution in [3.63, 3.8) is 0 Å². The first kappa shape index (κ1) is 23.7. The van der Waals surface area contributed by atoms with Crippen LogP contribution in [-0.2, 0) is 23.6 Å². The molecule has 180 valence electrons. The van der Waals surface area contributed by atoms with Crippen molar-refractivity contribution in [2.45, 2.75) is 31.3 Å². The van der Waals surface area contributed by atoms with Crippen molar-refractivity contribution in [1.29, 1.82) is 0 Å². The minimum atomic E-state index is -4.45. The lowest BCUT2D eigenvalue weighted by Gasteiger charge is -2.30. The Kier molecular flexibility index (Phi) is 6.09. The first-order valence-electron chi connectivity index (χ1n) is 10.6. The number of amides is 3. The topological polar surface area (TPSA) is 108 Å². The lowest BCUT2D eigenvalue weighted by atomic mass is 9.86. The molecule has 1 aromatic heterocycles.